The van der Waals surface area contributed by atoms with Crippen molar-refractivity contribution >= 4 is 22.6 Å². The highest BCUT2D eigenvalue weighted by atomic mass is 19.4. The molecule has 0 saturated carbocycles. The van der Waals surface area contributed by atoms with Gasteiger partial charge in [0.1, 0.15) is 23.1 Å². The smallest absolute Gasteiger partial charge is 0.394 e. The van der Waals surface area contributed by atoms with Gasteiger partial charge in [0.15, 0.2) is 0 Å². The van der Waals surface area contributed by atoms with Crippen molar-refractivity contribution in [2.24, 2.45) is 11.8 Å². The normalized spacial score (nSPS) is 19.5. The summed E-state index contributed by atoms with van der Waals surface area (Å²) >= 11 is 0. The summed E-state index contributed by atoms with van der Waals surface area (Å²) in [6, 6.07) is 5.03. The topological polar surface area (TPSA) is 95.7 Å². The summed E-state index contributed by atoms with van der Waals surface area (Å²) < 4.78 is 50.6. The Labute approximate surface area is 157 Å². The van der Waals surface area contributed by atoms with Gasteiger partial charge in [-0.05, 0) is 6.07 Å². The zero-order valence-corrected chi connectivity index (χ0v) is 14.9. The second-order valence-electron chi connectivity index (χ2n) is 6.36. The maximum absolute atomic E-state index is 13.4. The third-order valence-corrected chi connectivity index (χ3v) is 4.83. The number of rotatable bonds is 4. The van der Waals surface area contributed by atoms with E-state index in [1.165, 1.54) is 31.4 Å². The Bertz CT molecular complexity index is 971. The fraction of sp³-hybridized carbons (Fsp3) is 0.389. The van der Waals surface area contributed by atoms with Crippen LogP contribution in [0.5, 0.6) is 11.5 Å². The summed E-state index contributed by atoms with van der Waals surface area (Å²) in [6.45, 7) is -0.958. The number of carbonyl (C=O) groups is 1. The van der Waals surface area contributed by atoms with Gasteiger partial charge in [0.2, 0.25) is 0 Å². The molecule has 10 heteroatoms. The number of aromatic nitrogens is 1. The maximum atomic E-state index is 13.4. The highest BCUT2D eigenvalue weighted by Gasteiger charge is 2.53. The van der Waals surface area contributed by atoms with Crippen molar-refractivity contribution in [3.05, 3.63) is 23.9 Å². The minimum absolute atomic E-state index is 0.0368. The third kappa shape index (κ3) is 3.24. The molecule has 0 spiro atoms. The predicted octanol–water partition coefficient (Wildman–Crippen LogP) is 2.82. The zero-order valence-electron chi connectivity index (χ0n) is 14.9. The number of hydrogen-bond donors (Lipinski definition) is 1. The number of pyridine rings is 1. The molecule has 0 amide bonds. The van der Waals surface area contributed by atoms with Gasteiger partial charge < -0.3 is 19.5 Å². The van der Waals surface area contributed by atoms with Crippen molar-refractivity contribution in [1.82, 2.24) is 4.98 Å². The van der Waals surface area contributed by atoms with Gasteiger partial charge >= 0.3 is 12.1 Å². The Balaban J connectivity index is 2.22. The monoisotopic (exact) mass is 395 g/mol. The molecule has 1 N–H and O–H groups in total. The average Bonchev–Trinajstić information content (AvgIpc) is 3.11. The van der Waals surface area contributed by atoms with Crippen LogP contribution >= 0.6 is 0 Å². The van der Waals surface area contributed by atoms with Crippen LogP contribution in [0, 0.1) is 23.2 Å². The second kappa shape index (κ2) is 7.07. The van der Waals surface area contributed by atoms with Crippen molar-refractivity contribution in [3.8, 4) is 17.6 Å². The van der Waals surface area contributed by atoms with Crippen molar-refractivity contribution < 1.29 is 32.5 Å². The van der Waals surface area contributed by atoms with E-state index in [0.29, 0.717) is 22.4 Å². The Morgan fingerprint density at radius 2 is 2.04 bits per heavy atom. The van der Waals surface area contributed by atoms with Gasteiger partial charge in [-0.2, -0.15) is 18.4 Å². The first-order valence-electron chi connectivity index (χ1n) is 8.20. The van der Waals surface area contributed by atoms with Crippen molar-refractivity contribution in [3.63, 3.8) is 0 Å². The first kappa shape index (κ1) is 19.5. The van der Waals surface area contributed by atoms with Crippen LogP contribution < -0.4 is 14.4 Å². The molecule has 2 aromatic rings. The van der Waals surface area contributed by atoms with E-state index in [1.54, 1.807) is 6.07 Å². The van der Waals surface area contributed by atoms with Gasteiger partial charge in [-0.1, -0.05) is 0 Å². The standard InChI is InChI=1S/C18H16F3N3O4/c1-27-10-3-11-15(14(4-10)28-2)23-6-9(5-22)16(11)24-7-12(17(25)26)13(8-24)18(19,20)21/h3-4,6,12-13H,7-8H2,1-2H3,(H,25,26)/t12-,13-/m1/s1. The van der Waals surface area contributed by atoms with Crippen LogP contribution in [0.15, 0.2) is 18.3 Å². The molecular weight excluding hydrogens is 379 g/mol. The largest absolute Gasteiger partial charge is 0.497 e. The number of carboxylic acids is 1. The molecule has 148 valence electrons. The van der Waals surface area contributed by atoms with Crippen LogP contribution in [-0.2, 0) is 4.79 Å². The van der Waals surface area contributed by atoms with Gasteiger partial charge in [0.25, 0.3) is 0 Å². The van der Waals surface area contributed by atoms with Crippen LogP contribution in [0.3, 0.4) is 0 Å². The molecule has 0 aliphatic carbocycles. The number of halogens is 3. The summed E-state index contributed by atoms with van der Waals surface area (Å²) in [6.07, 6.45) is -3.44. The highest BCUT2D eigenvalue weighted by molar-refractivity contribution is 5.99. The molecule has 28 heavy (non-hydrogen) atoms. The van der Waals surface area contributed by atoms with E-state index in [-0.39, 0.29) is 17.8 Å². The number of ether oxygens (including phenoxy) is 2. The Hall–Kier alpha value is -3.22. The molecule has 1 aliphatic heterocycles. The number of hydrogen-bond acceptors (Lipinski definition) is 6. The zero-order chi connectivity index (χ0) is 20.6. The first-order valence-corrected chi connectivity index (χ1v) is 8.20. The van der Waals surface area contributed by atoms with Crippen LogP contribution in [0.25, 0.3) is 10.9 Å². The number of aliphatic carboxylic acids is 1. The van der Waals surface area contributed by atoms with Gasteiger partial charge in [0.05, 0.1) is 37.3 Å². The molecule has 2 heterocycles. The lowest BCUT2D eigenvalue weighted by Crippen LogP contribution is -2.33. The quantitative estimate of drug-likeness (QED) is 0.850. The lowest BCUT2D eigenvalue weighted by molar-refractivity contribution is -0.187. The summed E-state index contributed by atoms with van der Waals surface area (Å²) in [5.74, 6) is -4.53. The predicted molar refractivity (Wildman–Crippen MR) is 92.4 cm³/mol. The number of alkyl halides is 3. The van der Waals surface area contributed by atoms with Crippen molar-refractivity contribution in [2.75, 3.05) is 32.2 Å². The number of nitrogens with zero attached hydrogens (tertiary/aromatic N) is 3. The maximum Gasteiger partial charge on any atom is 0.394 e. The van der Waals surface area contributed by atoms with Gasteiger partial charge in [-0.3, -0.25) is 9.78 Å². The molecule has 0 unspecified atom stereocenters. The van der Waals surface area contributed by atoms with Crippen LogP contribution in [0.1, 0.15) is 5.56 Å². The van der Waals surface area contributed by atoms with E-state index < -0.39 is 30.5 Å². The number of carboxylic acid groups (broad SMARTS) is 1. The molecule has 1 aromatic heterocycles. The molecule has 1 saturated heterocycles. The second-order valence-corrected chi connectivity index (χ2v) is 6.36. The lowest BCUT2D eigenvalue weighted by Gasteiger charge is -2.23. The van der Waals surface area contributed by atoms with Crippen molar-refractivity contribution in [2.45, 2.75) is 6.18 Å². The molecule has 1 aliphatic rings. The third-order valence-electron chi connectivity index (χ3n) is 4.83. The van der Waals surface area contributed by atoms with E-state index in [4.69, 9.17) is 9.47 Å². The van der Waals surface area contributed by atoms with Gasteiger partial charge in [-0.25, -0.2) is 0 Å². The van der Waals surface area contributed by atoms with Crippen LogP contribution in [0.4, 0.5) is 18.9 Å². The molecule has 7 nitrogen and oxygen atoms in total. The average molecular weight is 395 g/mol. The number of nitriles is 1. The molecule has 0 radical (unpaired) electrons. The first-order chi connectivity index (χ1) is 13.2. The molecular formula is C18H16F3N3O4. The van der Waals surface area contributed by atoms with E-state index >= 15 is 0 Å². The van der Waals surface area contributed by atoms with E-state index in [1.807, 2.05) is 6.07 Å². The van der Waals surface area contributed by atoms with E-state index in [0.717, 1.165) is 0 Å². The Kier molecular flexibility index (Phi) is 4.93. The minimum Gasteiger partial charge on any atom is -0.497 e. The summed E-state index contributed by atoms with van der Waals surface area (Å²) in [4.78, 5) is 16.9. The fourth-order valence-electron chi connectivity index (χ4n) is 3.50. The molecule has 0 bridgehead atoms. The molecule has 1 aromatic carbocycles. The van der Waals surface area contributed by atoms with Crippen molar-refractivity contribution in [1.29, 1.82) is 5.26 Å². The molecule has 2 atom stereocenters. The summed E-state index contributed by atoms with van der Waals surface area (Å²) in [7, 11) is 2.82. The number of fused-ring (bicyclic) bond motifs is 1. The number of anilines is 1. The minimum atomic E-state index is -4.68. The Morgan fingerprint density at radius 1 is 1.32 bits per heavy atom. The van der Waals surface area contributed by atoms with Gasteiger partial charge in [-0.15, -0.1) is 0 Å². The number of benzene rings is 1. The van der Waals surface area contributed by atoms with Crippen LogP contribution in [0.2, 0.25) is 0 Å². The SMILES string of the molecule is COc1cc(OC)c2ncc(C#N)c(N3C[C@@H](C(F)(F)F)[C@H](C(=O)O)C3)c2c1. The summed E-state index contributed by atoms with van der Waals surface area (Å²) in [5.41, 5.74) is 0.553. The lowest BCUT2D eigenvalue weighted by atomic mass is 9.96. The van der Waals surface area contributed by atoms with E-state index in [2.05, 4.69) is 4.98 Å². The highest BCUT2D eigenvalue weighted by Crippen LogP contribution is 2.43. The van der Waals surface area contributed by atoms with E-state index in [9.17, 15) is 28.3 Å². The van der Waals surface area contributed by atoms with Crippen LogP contribution in [-0.4, -0.2) is 49.5 Å². The molecule has 3 rings (SSSR count). The van der Waals surface area contributed by atoms with Gasteiger partial charge in [0, 0.05) is 30.7 Å². The fourth-order valence-corrected chi connectivity index (χ4v) is 3.50. The summed E-state index contributed by atoms with van der Waals surface area (Å²) in [5, 5.41) is 19.1. The Morgan fingerprint density at radius 3 is 2.54 bits per heavy atom. The molecule has 1 fully saturated rings. The number of methoxy groups -OCH3 is 2.